The number of benzene rings is 1. The molecule has 3 rings (SSSR count). The molecule has 24 heavy (non-hydrogen) atoms. The van der Waals surface area contributed by atoms with E-state index < -0.39 is 0 Å². The minimum Gasteiger partial charge on any atom is -0.337 e. The van der Waals surface area contributed by atoms with Gasteiger partial charge in [-0.05, 0) is 42.5 Å². The van der Waals surface area contributed by atoms with Crippen LogP contribution in [0.4, 0.5) is 0 Å². The van der Waals surface area contributed by atoms with Crippen LogP contribution in [0.3, 0.4) is 0 Å². The van der Waals surface area contributed by atoms with E-state index in [1.807, 2.05) is 11.0 Å². The number of amides is 1. The molecule has 3 nitrogen and oxygen atoms in total. The number of carbonyl (C=O) groups is 1. The largest absolute Gasteiger partial charge is 0.337 e. The summed E-state index contributed by atoms with van der Waals surface area (Å²) in [5.41, 5.74) is 3.88. The molecule has 1 aliphatic rings. The Hall–Kier alpha value is -1.91. The van der Waals surface area contributed by atoms with Gasteiger partial charge in [-0.3, -0.25) is 9.69 Å². The Morgan fingerprint density at radius 3 is 2.62 bits per heavy atom. The number of carbonyl (C=O) groups excluding carboxylic acids is 1. The van der Waals surface area contributed by atoms with Gasteiger partial charge in [-0.1, -0.05) is 29.8 Å². The quantitative estimate of drug-likeness (QED) is 0.792. The molecule has 0 radical (unpaired) electrons. The third-order valence-electron chi connectivity index (χ3n) is 4.45. The van der Waals surface area contributed by atoms with Gasteiger partial charge in [0.15, 0.2) is 0 Å². The summed E-state index contributed by atoms with van der Waals surface area (Å²) >= 11 is 1.68. The lowest BCUT2D eigenvalue weighted by Crippen LogP contribution is -2.47. The van der Waals surface area contributed by atoms with Crippen molar-refractivity contribution in [1.29, 1.82) is 0 Å². The standard InChI is InChI=1S/C20H24N2OS/c1-16-4-3-5-18(14-16)15-21-9-11-22(12-10-21)20(23)7-6-19-17(2)8-13-24-19/h3-8,13-14H,9-12,15H2,1-2H3/b7-6+. The van der Waals surface area contributed by atoms with Gasteiger partial charge in [-0.2, -0.15) is 0 Å². The molecule has 0 bridgehead atoms. The second kappa shape index (κ2) is 7.77. The molecule has 2 aromatic rings. The lowest BCUT2D eigenvalue weighted by molar-refractivity contribution is -0.127. The Balaban J connectivity index is 1.50. The fraction of sp³-hybridized carbons (Fsp3) is 0.350. The van der Waals surface area contributed by atoms with E-state index in [1.54, 1.807) is 17.4 Å². The second-order valence-corrected chi connectivity index (χ2v) is 7.34. The van der Waals surface area contributed by atoms with Crippen molar-refractivity contribution in [2.45, 2.75) is 20.4 Å². The first-order valence-electron chi connectivity index (χ1n) is 8.41. The van der Waals surface area contributed by atoms with Gasteiger partial charge in [0, 0.05) is 43.7 Å². The average molecular weight is 340 g/mol. The first kappa shape index (κ1) is 16.9. The fourth-order valence-electron chi connectivity index (χ4n) is 3.00. The number of rotatable bonds is 4. The van der Waals surface area contributed by atoms with E-state index in [2.05, 4.69) is 54.5 Å². The monoisotopic (exact) mass is 340 g/mol. The summed E-state index contributed by atoms with van der Waals surface area (Å²) in [6, 6.07) is 10.7. The molecule has 0 atom stereocenters. The minimum atomic E-state index is 0.123. The fourth-order valence-corrected chi connectivity index (χ4v) is 3.82. The summed E-state index contributed by atoms with van der Waals surface area (Å²) < 4.78 is 0. The third-order valence-corrected chi connectivity index (χ3v) is 5.44. The predicted octanol–water partition coefficient (Wildman–Crippen LogP) is 3.72. The van der Waals surface area contributed by atoms with Crippen molar-refractivity contribution in [2.75, 3.05) is 26.2 Å². The van der Waals surface area contributed by atoms with E-state index >= 15 is 0 Å². The second-order valence-electron chi connectivity index (χ2n) is 6.39. The Morgan fingerprint density at radius 1 is 1.17 bits per heavy atom. The van der Waals surface area contributed by atoms with Crippen LogP contribution in [-0.4, -0.2) is 41.9 Å². The van der Waals surface area contributed by atoms with Crippen LogP contribution in [0.25, 0.3) is 6.08 Å². The third kappa shape index (κ3) is 4.34. The van der Waals surface area contributed by atoms with Gasteiger partial charge >= 0.3 is 0 Å². The summed E-state index contributed by atoms with van der Waals surface area (Å²) in [6.45, 7) is 8.65. The molecule has 1 fully saturated rings. The van der Waals surface area contributed by atoms with Crippen LogP contribution in [0.1, 0.15) is 21.6 Å². The summed E-state index contributed by atoms with van der Waals surface area (Å²) in [4.78, 5) is 17.9. The zero-order valence-corrected chi connectivity index (χ0v) is 15.2. The van der Waals surface area contributed by atoms with E-state index in [1.165, 1.54) is 21.6 Å². The van der Waals surface area contributed by atoms with E-state index in [4.69, 9.17) is 0 Å². The average Bonchev–Trinajstić information content (AvgIpc) is 2.98. The Labute approximate surface area is 148 Å². The highest BCUT2D eigenvalue weighted by atomic mass is 32.1. The molecule has 0 N–H and O–H groups in total. The first-order chi connectivity index (χ1) is 11.6. The Kier molecular flexibility index (Phi) is 5.48. The summed E-state index contributed by atoms with van der Waals surface area (Å²) in [7, 11) is 0. The smallest absolute Gasteiger partial charge is 0.246 e. The SMILES string of the molecule is Cc1cccc(CN2CCN(C(=O)/C=C/c3sccc3C)CC2)c1. The van der Waals surface area contributed by atoms with Crippen molar-refractivity contribution < 1.29 is 4.79 Å². The number of thiophene rings is 1. The van der Waals surface area contributed by atoms with Crippen molar-refractivity contribution in [2.24, 2.45) is 0 Å². The molecular formula is C20H24N2OS. The highest BCUT2D eigenvalue weighted by Gasteiger charge is 2.19. The van der Waals surface area contributed by atoms with Crippen molar-refractivity contribution in [3.63, 3.8) is 0 Å². The van der Waals surface area contributed by atoms with Gasteiger partial charge in [0.25, 0.3) is 0 Å². The molecule has 0 spiro atoms. The van der Waals surface area contributed by atoms with E-state index in [9.17, 15) is 4.79 Å². The summed E-state index contributed by atoms with van der Waals surface area (Å²) in [5, 5.41) is 2.06. The van der Waals surface area contributed by atoms with Crippen molar-refractivity contribution in [3.05, 3.63) is 63.4 Å². The molecule has 1 saturated heterocycles. The summed E-state index contributed by atoms with van der Waals surface area (Å²) in [5.74, 6) is 0.123. The highest BCUT2D eigenvalue weighted by molar-refractivity contribution is 7.11. The molecular weight excluding hydrogens is 316 g/mol. The van der Waals surface area contributed by atoms with E-state index in [0.717, 1.165) is 32.7 Å². The van der Waals surface area contributed by atoms with Gasteiger partial charge < -0.3 is 4.90 Å². The van der Waals surface area contributed by atoms with Crippen LogP contribution in [0.5, 0.6) is 0 Å². The van der Waals surface area contributed by atoms with Gasteiger partial charge in [-0.25, -0.2) is 0 Å². The van der Waals surface area contributed by atoms with Crippen LogP contribution >= 0.6 is 11.3 Å². The van der Waals surface area contributed by atoms with Crippen molar-refractivity contribution in [1.82, 2.24) is 9.80 Å². The van der Waals surface area contributed by atoms with E-state index in [-0.39, 0.29) is 5.91 Å². The lowest BCUT2D eigenvalue weighted by Gasteiger charge is -2.34. The zero-order chi connectivity index (χ0) is 16.9. The van der Waals surface area contributed by atoms with Gasteiger partial charge in [0.05, 0.1) is 0 Å². The molecule has 4 heteroatoms. The number of nitrogens with zero attached hydrogens (tertiary/aromatic N) is 2. The van der Waals surface area contributed by atoms with Crippen LogP contribution < -0.4 is 0 Å². The first-order valence-corrected chi connectivity index (χ1v) is 9.29. The molecule has 0 unspecified atom stereocenters. The van der Waals surface area contributed by atoms with Crippen molar-refractivity contribution >= 4 is 23.3 Å². The molecule has 1 amide bonds. The molecule has 0 aliphatic carbocycles. The van der Waals surface area contributed by atoms with E-state index in [0.29, 0.717) is 0 Å². The van der Waals surface area contributed by atoms with Crippen LogP contribution in [0.15, 0.2) is 41.8 Å². The normalized spacial score (nSPS) is 16.0. The maximum Gasteiger partial charge on any atom is 0.246 e. The Bertz CT molecular complexity index is 727. The van der Waals surface area contributed by atoms with Crippen molar-refractivity contribution in [3.8, 4) is 0 Å². The maximum absolute atomic E-state index is 12.3. The Morgan fingerprint density at radius 2 is 1.96 bits per heavy atom. The van der Waals surface area contributed by atoms with Gasteiger partial charge in [0.1, 0.15) is 0 Å². The number of piperazine rings is 1. The highest BCUT2D eigenvalue weighted by Crippen LogP contribution is 2.17. The topological polar surface area (TPSA) is 23.6 Å². The number of hydrogen-bond acceptors (Lipinski definition) is 3. The van der Waals surface area contributed by atoms with Gasteiger partial charge in [0.2, 0.25) is 5.91 Å². The molecule has 2 heterocycles. The van der Waals surface area contributed by atoms with Crippen LogP contribution in [-0.2, 0) is 11.3 Å². The molecule has 1 aliphatic heterocycles. The predicted molar refractivity (Wildman–Crippen MR) is 101 cm³/mol. The minimum absolute atomic E-state index is 0.123. The number of aryl methyl sites for hydroxylation is 2. The van der Waals surface area contributed by atoms with Crippen LogP contribution in [0.2, 0.25) is 0 Å². The molecule has 1 aromatic heterocycles. The molecule has 0 saturated carbocycles. The molecule has 1 aromatic carbocycles. The van der Waals surface area contributed by atoms with Crippen LogP contribution in [0, 0.1) is 13.8 Å². The van der Waals surface area contributed by atoms with Gasteiger partial charge in [-0.15, -0.1) is 11.3 Å². The lowest BCUT2D eigenvalue weighted by atomic mass is 10.1. The maximum atomic E-state index is 12.3. The molecule has 126 valence electrons. The zero-order valence-electron chi connectivity index (χ0n) is 14.4. The number of hydrogen-bond donors (Lipinski definition) is 0. The summed E-state index contributed by atoms with van der Waals surface area (Å²) in [6.07, 6.45) is 3.66.